The molecule has 0 bridgehead atoms. The molecule has 0 atom stereocenters. The van der Waals surface area contributed by atoms with Crippen LogP contribution in [-0.2, 0) is 4.79 Å². The molecule has 1 fully saturated rings. The minimum Gasteiger partial charge on any atom is -0.338 e. The Kier molecular flexibility index (Phi) is 4.14. The number of alkyl halides is 6. The molecule has 0 aliphatic heterocycles. The van der Waals surface area contributed by atoms with Gasteiger partial charge in [-0.05, 0) is 12.8 Å². The Balaban J connectivity index is 2.94. The molecular formula is C9H12F6N2O. The van der Waals surface area contributed by atoms with Crippen molar-refractivity contribution in [2.45, 2.75) is 31.2 Å². The van der Waals surface area contributed by atoms with Gasteiger partial charge in [-0.15, -0.1) is 0 Å². The number of carbonyl (C=O) groups is 1. The van der Waals surface area contributed by atoms with Crippen molar-refractivity contribution in [2.75, 3.05) is 13.1 Å². The highest BCUT2D eigenvalue weighted by molar-refractivity contribution is 5.81. The number of hydrogen-bond donors (Lipinski definition) is 1. The van der Waals surface area contributed by atoms with Crippen LogP contribution in [0.3, 0.4) is 0 Å². The second-order valence-electron chi connectivity index (χ2n) is 4.07. The maximum atomic E-state index is 12.4. The molecule has 106 valence electrons. The second kappa shape index (κ2) is 4.94. The monoisotopic (exact) mass is 278 g/mol. The SMILES string of the molecule is NCCN(C(=O)C(C(F)(F)F)C(F)(F)F)C1CC1. The predicted octanol–water partition coefficient (Wildman–Crippen LogP) is 1.68. The van der Waals surface area contributed by atoms with E-state index in [4.69, 9.17) is 5.73 Å². The summed E-state index contributed by atoms with van der Waals surface area (Å²) in [5.74, 6) is -5.92. The first-order valence-corrected chi connectivity index (χ1v) is 5.23. The number of nitrogens with zero attached hydrogens (tertiary/aromatic N) is 1. The summed E-state index contributed by atoms with van der Waals surface area (Å²) < 4.78 is 74.1. The van der Waals surface area contributed by atoms with E-state index in [0.29, 0.717) is 17.7 Å². The van der Waals surface area contributed by atoms with E-state index in [9.17, 15) is 31.1 Å². The van der Waals surface area contributed by atoms with Crippen LogP contribution in [0.5, 0.6) is 0 Å². The van der Waals surface area contributed by atoms with Gasteiger partial charge < -0.3 is 10.6 Å². The molecule has 3 nitrogen and oxygen atoms in total. The van der Waals surface area contributed by atoms with Gasteiger partial charge >= 0.3 is 12.4 Å². The summed E-state index contributed by atoms with van der Waals surface area (Å²) in [6, 6.07) is -0.548. The van der Waals surface area contributed by atoms with Gasteiger partial charge in [0.15, 0.2) is 0 Å². The third kappa shape index (κ3) is 3.50. The summed E-state index contributed by atoms with van der Waals surface area (Å²) in [7, 11) is 0. The van der Waals surface area contributed by atoms with Gasteiger partial charge in [-0.3, -0.25) is 4.79 Å². The molecule has 0 spiro atoms. The van der Waals surface area contributed by atoms with Crippen LogP contribution in [0.25, 0.3) is 0 Å². The summed E-state index contributed by atoms with van der Waals surface area (Å²) in [4.78, 5) is 12.0. The van der Waals surface area contributed by atoms with E-state index < -0.39 is 30.2 Å². The van der Waals surface area contributed by atoms with Crippen LogP contribution < -0.4 is 5.73 Å². The van der Waals surface area contributed by atoms with Crippen LogP contribution in [0.1, 0.15) is 12.8 Å². The number of carbonyl (C=O) groups excluding carboxylic acids is 1. The van der Waals surface area contributed by atoms with Crippen molar-refractivity contribution in [3.63, 3.8) is 0 Å². The van der Waals surface area contributed by atoms with Gasteiger partial charge in [0, 0.05) is 19.1 Å². The van der Waals surface area contributed by atoms with Gasteiger partial charge in [0.1, 0.15) is 0 Å². The Morgan fingerprint density at radius 1 is 1.17 bits per heavy atom. The average molecular weight is 278 g/mol. The fourth-order valence-corrected chi connectivity index (χ4v) is 1.63. The van der Waals surface area contributed by atoms with E-state index in [0.717, 1.165) is 0 Å². The van der Waals surface area contributed by atoms with Gasteiger partial charge in [-0.1, -0.05) is 0 Å². The van der Waals surface area contributed by atoms with Gasteiger partial charge in [-0.2, -0.15) is 26.3 Å². The lowest BCUT2D eigenvalue weighted by molar-refractivity contribution is -0.277. The number of amides is 1. The average Bonchev–Trinajstić information content (AvgIpc) is 2.91. The van der Waals surface area contributed by atoms with Crippen molar-refractivity contribution in [1.29, 1.82) is 0 Å². The molecule has 0 aromatic rings. The van der Waals surface area contributed by atoms with E-state index in [-0.39, 0.29) is 13.1 Å². The zero-order valence-corrected chi connectivity index (χ0v) is 9.18. The van der Waals surface area contributed by atoms with Crippen molar-refractivity contribution < 1.29 is 31.1 Å². The van der Waals surface area contributed by atoms with E-state index in [1.807, 2.05) is 0 Å². The second-order valence-corrected chi connectivity index (χ2v) is 4.07. The van der Waals surface area contributed by atoms with Gasteiger partial charge in [0.2, 0.25) is 11.8 Å². The summed E-state index contributed by atoms with van der Waals surface area (Å²) in [6.45, 7) is -0.475. The van der Waals surface area contributed by atoms with Crippen molar-refractivity contribution in [3.8, 4) is 0 Å². The molecule has 0 unspecified atom stereocenters. The molecule has 1 saturated carbocycles. The quantitative estimate of drug-likeness (QED) is 0.795. The molecule has 1 aliphatic carbocycles. The normalized spacial score (nSPS) is 17.1. The molecule has 1 amide bonds. The van der Waals surface area contributed by atoms with E-state index in [2.05, 4.69) is 0 Å². The largest absolute Gasteiger partial charge is 0.409 e. The molecule has 1 rings (SSSR count). The maximum Gasteiger partial charge on any atom is 0.409 e. The van der Waals surface area contributed by atoms with Crippen molar-refractivity contribution in [2.24, 2.45) is 11.7 Å². The van der Waals surface area contributed by atoms with Crippen LogP contribution >= 0.6 is 0 Å². The highest BCUT2D eigenvalue weighted by Gasteiger charge is 2.62. The molecule has 9 heteroatoms. The fraction of sp³-hybridized carbons (Fsp3) is 0.889. The van der Waals surface area contributed by atoms with Gasteiger partial charge in [0.25, 0.3) is 0 Å². The molecule has 18 heavy (non-hydrogen) atoms. The lowest BCUT2D eigenvalue weighted by atomic mass is 10.1. The summed E-state index contributed by atoms with van der Waals surface area (Å²) >= 11 is 0. The van der Waals surface area contributed by atoms with Crippen molar-refractivity contribution in [1.82, 2.24) is 4.90 Å². The van der Waals surface area contributed by atoms with E-state index in [1.165, 1.54) is 0 Å². The first kappa shape index (κ1) is 15.1. The zero-order valence-electron chi connectivity index (χ0n) is 9.18. The summed E-state index contributed by atoms with van der Waals surface area (Å²) in [5, 5.41) is 0. The molecule has 0 aromatic heterocycles. The standard InChI is InChI=1S/C9H12F6N2O/c10-8(11,12)6(9(13,14)15)7(18)17(4-3-16)5-1-2-5/h5-6H,1-4,16H2. The van der Waals surface area contributed by atoms with Crippen LogP contribution in [0.15, 0.2) is 0 Å². The third-order valence-electron chi connectivity index (χ3n) is 2.54. The Morgan fingerprint density at radius 2 is 1.61 bits per heavy atom. The first-order valence-electron chi connectivity index (χ1n) is 5.23. The fourth-order valence-electron chi connectivity index (χ4n) is 1.63. The molecule has 0 heterocycles. The highest BCUT2D eigenvalue weighted by atomic mass is 19.4. The summed E-state index contributed by atoms with van der Waals surface area (Å²) in [6.07, 6.45) is -10.5. The maximum absolute atomic E-state index is 12.4. The van der Waals surface area contributed by atoms with Crippen LogP contribution in [-0.4, -0.2) is 42.3 Å². The van der Waals surface area contributed by atoms with Crippen LogP contribution in [0, 0.1) is 5.92 Å². The Bertz CT molecular complexity index is 295. The highest BCUT2D eigenvalue weighted by Crippen LogP contribution is 2.42. The lowest BCUT2D eigenvalue weighted by Crippen LogP contribution is -2.51. The topological polar surface area (TPSA) is 46.3 Å². The molecule has 1 aliphatic rings. The minimum absolute atomic E-state index is 0.176. The van der Waals surface area contributed by atoms with Crippen molar-refractivity contribution >= 4 is 5.91 Å². The zero-order chi connectivity index (χ0) is 14.1. The van der Waals surface area contributed by atoms with Gasteiger partial charge in [0.05, 0.1) is 0 Å². The number of hydrogen-bond acceptors (Lipinski definition) is 2. The van der Waals surface area contributed by atoms with E-state index in [1.54, 1.807) is 0 Å². The lowest BCUT2D eigenvalue weighted by Gasteiger charge is -2.29. The first-order chi connectivity index (χ1) is 8.09. The Hall–Kier alpha value is -0.990. The Labute approximate surface area is 98.9 Å². The number of nitrogens with two attached hydrogens (primary N) is 1. The van der Waals surface area contributed by atoms with Crippen LogP contribution in [0.2, 0.25) is 0 Å². The molecular weight excluding hydrogens is 266 g/mol. The molecule has 0 aromatic carbocycles. The van der Waals surface area contributed by atoms with Crippen LogP contribution in [0.4, 0.5) is 26.3 Å². The summed E-state index contributed by atoms with van der Waals surface area (Å²) in [5.41, 5.74) is 5.09. The van der Waals surface area contributed by atoms with Crippen molar-refractivity contribution in [3.05, 3.63) is 0 Å². The molecule has 0 radical (unpaired) electrons. The number of rotatable bonds is 4. The molecule has 0 saturated heterocycles. The smallest absolute Gasteiger partial charge is 0.338 e. The molecule has 2 N–H and O–H groups in total. The third-order valence-corrected chi connectivity index (χ3v) is 2.54. The Morgan fingerprint density at radius 3 is 1.89 bits per heavy atom. The van der Waals surface area contributed by atoms with Gasteiger partial charge in [-0.25, -0.2) is 0 Å². The minimum atomic E-state index is -5.64. The van der Waals surface area contributed by atoms with E-state index >= 15 is 0 Å². The number of halogens is 6. The predicted molar refractivity (Wildman–Crippen MR) is 49.4 cm³/mol.